The van der Waals surface area contributed by atoms with E-state index in [1.54, 1.807) is 10.6 Å². The molecule has 3 rings (SSSR count). The predicted molar refractivity (Wildman–Crippen MR) is 96.4 cm³/mol. The molecule has 0 fully saturated rings. The number of aromatic nitrogens is 2. The minimum atomic E-state index is -0.603. The van der Waals surface area contributed by atoms with Crippen LogP contribution in [0.1, 0.15) is 26.5 Å². The van der Waals surface area contributed by atoms with E-state index in [4.69, 9.17) is 4.74 Å². The minimum Gasteiger partial charge on any atom is -0.444 e. The summed E-state index contributed by atoms with van der Waals surface area (Å²) in [6.45, 7) is 5.29. The number of benzene rings is 1. The summed E-state index contributed by atoms with van der Waals surface area (Å²) in [5, 5.41) is 12.3. The number of carbonyl (C=O) groups is 1. The lowest BCUT2D eigenvalue weighted by atomic mass is 10.1. The first-order valence-corrected chi connectivity index (χ1v) is 8.04. The number of hydrogen-bond donors (Lipinski definition) is 2. The van der Waals surface area contributed by atoms with Gasteiger partial charge in [0.25, 0.3) is 0 Å². The van der Waals surface area contributed by atoms with Gasteiger partial charge in [-0.15, -0.1) is 0 Å². The zero-order chi connectivity index (χ0) is 18.0. The Labute approximate surface area is 146 Å². The largest absolute Gasteiger partial charge is 0.444 e. The van der Waals surface area contributed by atoms with Crippen molar-refractivity contribution in [3.8, 4) is 11.1 Å². The number of amides is 1. The number of carbonyl (C=O) groups excluding carboxylic acids is 1. The number of rotatable bonds is 3. The third-order valence-corrected chi connectivity index (χ3v) is 3.63. The first-order valence-electron chi connectivity index (χ1n) is 8.04. The van der Waals surface area contributed by atoms with E-state index in [1.165, 1.54) is 0 Å². The molecule has 6 nitrogen and oxygen atoms in total. The Balaban J connectivity index is 2.11. The summed E-state index contributed by atoms with van der Waals surface area (Å²) in [4.78, 5) is 16.7. The topological polar surface area (TPSA) is 75.9 Å². The standard InChI is InChI=1S/C19H21N3O3/c1-19(2,3)25-18(24)21-16-15(13-7-5-4-6-8-13)9-10-22-14(12-23)11-20-17(16)22/h4-11,23H,12H2,1-3H3,(H,21,24). The van der Waals surface area contributed by atoms with Crippen LogP contribution in [0.2, 0.25) is 0 Å². The van der Waals surface area contributed by atoms with Gasteiger partial charge in [-0.2, -0.15) is 0 Å². The van der Waals surface area contributed by atoms with Crippen LogP contribution in [0.5, 0.6) is 0 Å². The fourth-order valence-electron chi connectivity index (χ4n) is 2.60. The van der Waals surface area contributed by atoms with Crippen molar-refractivity contribution < 1.29 is 14.6 Å². The van der Waals surface area contributed by atoms with Crippen LogP contribution >= 0.6 is 0 Å². The van der Waals surface area contributed by atoms with Crippen LogP contribution in [0.4, 0.5) is 10.5 Å². The average Bonchev–Trinajstić information content (AvgIpc) is 2.97. The molecule has 0 aliphatic heterocycles. The van der Waals surface area contributed by atoms with E-state index >= 15 is 0 Å². The number of aliphatic hydroxyl groups is 1. The summed E-state index contributed by atoms with van der Waals surface area (Å²) >= 11 is 0. The quantitative estimate of drug-likeness (QED) is 0.760. The lowest BCUT2D eigenvalue weighted by Crippen LogP contribution is -2.27. The zero-order valence-electron chi connectivity index (χ0n) is 14.5. The molecule has 0 bridgehead atoms. The Hall–Kier alpha value is -2.86. The lowest BCUT2D eigenvalue weighted by molar-refractivity contribution is 0.0636. The summed E-state index contributed by atoms with van der Waals surface area (Å²) in [5.74, 6) is 0. The van der Waals surface area contributed by atoms with Gasteiger partial charge in [0.1, 0.15) is 5.60 Å². The Morgan fingerprint density at radius 3 is 2.60 bits per heavy atom. The highest BCUT2D eigenvalue weighted by Gasteiger charge is 2.20. The first kappa shape index (κ1) is 17.0. The minimum absolute atomic E-state index is 0.141. The molecule has 6 heteroatoms. The number of nitrogens with one attached hydrogen (secondary N) is 1. The molecular formula is C19H21N3O3. The summed E-state index contributed by atoms with van der Waals surface area (Å²) in [6, 6.07) is 11.6. The summed E-state index contributed by atoms with van der Waals surface area (Å²) in [5.41, 5.74) is 2.91. The molecule has 1 aromatic carbocycles. The molecule has 0 spiro atoms. The first-order chi connectivity index (χ1) is 11.9. The molecule has 2 N–H and O–H groups in total. The van der Waals surface area contributed by atoms with Crippen molar-refractivity contribution in [1.82, 2.24) is 9.38 Å². The number of fused-ring (bicyclic) bond motifs is 1. The zero-order valence-corrected chi connectivity index (χ0v) is 14.5. The Kier molecular flexibility index (Phi) is 4.46. The fraction of sp³-hybridized carbons (Fsp3) is 0.263. The molecule has 1 amide bonds. The van der Waals surface area contributed by atoms with E-state index in [2.05, 4.69) is 10.3 Å². The van der Waals surface area contributed by atoms with Gasteiger partial charge in [0.2, 0.25) is 0 Å². The van der Waals surface area contributed by atoms with E-state index in [0.29, 0.717) is 17.0 Å². The van der Waals surface area contributed by atoms with Crippen molar-refractivity contribution in [2.24, 2.45) is 0 Å². The van der Waals surface area contributed by atoms with E-state index in [-0.39, 0.29) is 6.61 Å². The SMILES string of the molecule is CC(C)(C)OC(=O)Nc1c(-c2ccccc2)ccn2c(CO)cnc12. The van der Waals surface area contributed by atoms with Gasteiger partial charge in [-0.1, -0.05) is 30.3 Å². The summed E-state index contributed by atoms with van der Waals surface area (Å²) < 4.78 is 7.13. The highest BCUT2D eigenvalue weighted by molar-refractivity contribution is 5.97. The van der Waals surface area contributed by atoms with E-state index < -0.39 is 11.7 Å². The maximum Gasteiger partial charge on any atom is 0.412 e. The molecule has 0 saturated carbocycles. The lowest BCUT2D eigenvalue weighted by Gasteiger charge is -2.21. The average molecular weight is 339 g/mol. The molecule has 0 atom stereocenters. The van der Waals surface area contributed by atoms with Crippen LogP contribution in [0.3, 0.4) is 0 Å². The van der Waals surface area contributed by atoms with Crippen LogP contribution in [0.15, 0.2) is 48.8 Å². The monoisotopic (exact) mass is 339 g/mol. The molecule has 25 heavy (non-hydrogen) atoms. The molecule has 0 aliphatic carbocycles. The van der Waals surface area contributed by atoms with Gasteiger partial charge in [-0.05, 0) is 32.4 Å². The second-order valence-corrected chi connectivity index (χ2v) is 6.70. The van der Waals surface area contributed by atoms with Gasteiger partial charge >= 0.3 is 6.09 Å². The Morgan fingerprint density at radius 2 is 1.96 bits per heavy atom. The molecule has 3 aromatic rings. The highest BCUT2D eigenvalue weighted by Crippen LogP contribution is 2.32. The van der Waals surface area contributed by atoms with E-state index in [0.717, 1.165) is 11.1 Å². The number of ether oxygens (including phenoxy) is 1. The van der Waals surface area contributed by atoms with Crippen molar-refractivity contribution in [1.29, 1.82) is 0 Å². The van der Waals surface area contributed by atoms with Gasteiger partial charge in [0, 0.05) is 11.8 Å². The Morgan fingerprint density at radius 1 is 1.24 bits per heavy atom. The molecule has 130 valence electrons. The number of nitrogens with zero attached hydrogens (tertiary/aromatic N) is 2. The van der Waals surface area contributed by atoms with Crippen molar-refractivity contribution in [2.75, 3.05) is 5.32 Å². The summed E-state index contributed by atoms with van der Waals surface area (Å²) in [6.07, 6.45) is 2.87. The van der Waals surface area contributed by atoms with Crippen molar-refractivity contribution in [2.45, 2.75) is 33.0 Å². The Bertz CT molecular complexity index is 895. The highest BCUT2D eigenvalue weighted by atomic mass is 16.6. The van der Waals surface area contributed by atoms with Crippen LogP contribution in [-0.2, 0) is 11.3 Å². The molecular weight excluding hydrogens is 318 g/mol. The number of hydrogen-bond acceptors (Lipinski definition) is 4. The smallest absolute Gasteiger partial charge is 0.412 e. The maximum atomic E-state index is 12.3. The number of aliphatic hydroxyl groups excluding tert-OH is 1. The van der Waals surface area contributed by atoms with E-state index in [9.17, 15) is 9.90 Å². The van der Waals surface area contributed by atoms with Crippen LogP contribution in [0.25, 0.3) is 16.8 Å². The number of anilines is 1. The molecule has 2 heterocycles. The third kappa shape index (κ3) is 3.64. The number of imidazole rings is 1. The molecule has 0 unspecified atom stereocenters. The second kappa shape index (κ2) is 6.57. The van der Waals surface area contributed by atoms with Gasteiger partial charge in [0.05, 0.1) is 24.2 Å². The van der Waals surface area contributed by atoms with Gasteiger partial charge in [-0.25, -0.2) is 9.78 Å². The second-order valence-electron chi connectivity index (χ2n) is 6.70. The molecule has 2 aromatic heterocycles. The van der Waals surface area contributed by atoms with Crippen molar-refractivity contribution in [3.63, 3.8) is 0 Å². The van der Waals surface area contributed by atoms with Crippen LogP contribution < -0.4 is 5.32 Å². The molecule has 0 aliphatic rings. The van der Waals surface area contributed by atoms with E-state index in [1.807, 2.05) is 63.4 Å². The van der Waals surface area contributed by atoms with Gasteiger partial charge in [-0.3, -0.25) is 9.72 Å². The normalized spacial score (nSPS) is 11.5. The maximum absolute atomic E-state index is 12.3. The van der Waals surface area contributed by atoms with Gasteiger partial charge < -0.3 is 9.84 Å². The predicted octanol–water partition coefficient (Wildman–Crippen LogP) is 3.84. The summed E-state index contributed by atoms with van der Waals surface area (Å²) in [7, 11) is 0. The van der Waals surface area contributed by atoms with Crippen molar-refractivity contribution >= 4 is 17.4 Å². The van der Waals surface area contributed by atoms with Crippen molar-refractivity contribution in [3.05, 3.63) is 54.5 Å². The molecule has 0 radical (unpaired) electrons. The van der Waals surface area contributed by atoms with Crippen LogP contribution in [0, 0.1) is 0 Å². The molecule has 0 saturated heterocycles. The third-order valence-electron chi connectivity index (χ3n) is 3.63. The van der Waals surface area contributed by atoms with Gasteiger partial charge in [0.15, 0.2) is 5.65 Å². The fourth-order valence-corrected chi connectivity index (χ4v) is 2.60. The number of pyridine rings is 1. The van der Waals surface area contributed by atoms with Crippen LogP contribution in [-0.4, -0.2) is 26.2 Å².